The summed E-state index contributed by atoms with van der Waals surface area (Å²) in [7, 11) is -4.43. The summed E-state index contributed by atoms with van der Waals surface area (Å²) in [5.41, 5.74) is 2.32. The molecule has 2 aromatic carbocycles. The minimum atomic E-state index is -4.43. The molecule has 0 atom stereocenters. The predicted molar refractivity (Wildman–Crippen MR) is 126 cm³/mol. The van der Waals surface area contributed by atoms with Crippen LogP contribution in [0.4, 0.5) is 14.5 Å². The lowest BCUT2D eigenvalue weighted by molar-refractivity contribution is 0.0688. The van der Waals surface area contributed by atoms with Gasteiger partial charge in [-0.3, -0.25) is 9.71 Å². The van der Waals surface area contributed by atoms with Gasteiger partial charge in [-0.2, -0.15) is 5.10 Å². The molecule has 2 N–H and O–H groups in total. The van der Waals surface area contributed by atoms with Crippen LogP contribution in [0.5, 0.6) is 0 Å². The smallest absolute Gasteiger partial charge is 0.355 e. The Kier molecular flexibility index (Phi) is 5.53. The number of hydrogen-bond acceptors (Lipinski definition) is 6. The molecule has 0 aliphatic carbocycles. The number of nitrogens with zero attached hydrogens (tertiary/aromatic N) is 3. The summed E-state index contributed by atoms with van der Waals surface area (Å²) in [5, 5.41) is 15.5. The summed E-state index contributed by atoms with van der Waals surface area (Å²) in [5.74, 6) is -3.13. The van der Waals surface area contributed by atoms with Crippen molar-refractivity contribution in [3.63, 3.8) is 0 Å². The van der Waals surface area contributed by atoms with Crippen molar-refractivity contribution in [2.45, 2.75) is 4.90 Å². The Hall–Kier alpha value is -4.16. The molecule has 0 amide bonds. The van der Waals surface area contributed by atoms with Crippen molar-refractivity contribution in [2.24, 2.45) is 0 Å². The number of benzene rings is 2. The number of anilines is 1. The van der Waals surface area contributed by atoms with Crippen molar-refractivity contribution < 1.29 is 27.1 Å². The third-order valence-corrected chi connectivity index (χ3v) is 7.45. The number of aromatic nitrogens is 3. The predicted octanol–water partition coefficient (Wildman–Crippen LogP) is 4.90. The van der Waals surface area contributed by atoms with Crippen LogP contribution in [0.3, 0.4) is 0 Å². The standard InChI is InChI=1S/C23H14F2N4O4S2/c24-15-4-5-17(25)19(11-15)35(32,33)28-16-3-1-2-14(10-16)21-20(13-6-8-26-9-7-13)22-29(27-21)18(12-34-22)23(30)31/h1-12,28H,(H,30,31). The van der Waals surface area contributed by atoms with Gasteiger partial charge >= 0.3 is 5.97 Å². The SMILES string of the molecule is O=C(O)c1csc2c(-c3ccncc3)c(-c3cccc(NS(=O)(=O)c4cc(F)ccc4F)c3)nn12. The molecule has 0 aliphatic heterocycles. The monoisotopic (exact) mass is 512 g/mol. The van der Waals surface area contributed by atoms with Gasteiger partial charge in [0.25, 0.3) is 10.0 Å². The molecule has 0 fully saturated rings. The number of halogens is 2. The van der Waals surface area contributed by atoms with E-state index < -0.39 is 32.5 Å². The number of nitrogens with one attached hydrogen (secondary N) is 1. The molecule has 3 heterocycles. The maximum atomic E-state index is 14.1. The van der Waals surface area contributed by atoms with E-state index >= 15 is 0 Å². The van der Waals surface area contributed by atoms with E-state index in [4.69, 9.17) is 0 Å². The van der Waals surface area contributed by atoms with E-state index in [1.807, 2.05) is 0 Å². The third-order valence-electron chi connectivity index (χ3n) is 5.11. The van der Waals surface area contributed by atoms with E-state index in [-0.39, 0.29) is 11.4 Å². The number of pyridine rings is 1. The van der Waals surface area contributed by atoms with Crippen LogP contribution < -0.4 is 4.72 Å². The first-order valence-electron chi connectivity index (χ1n) is 9.97. The van der Waals surface area contributed by atoms with Gasteiger partial charge in [0.2, 0.25) is 0 Å². The van der Waals surface area contributed by atoms with Crippen molar-refractivity contribution in [3.05, 3.63) is 89.7 Å². The molecule has 8 nitrogen and oxygen atoms in total. The lowest BCUT2D eigenvalue weighted by Gasteiger charge is -2.10. The van der Waals surface area contributed by atoms with E-state index in [0.29, 0.717) is 27.7 Å². The number of aromatic carboxylic acids is 1. The Bertz CT molecular complexity index is 1700. The van der Waals surface area contributed by atoms with Gasteiger partial charge < -0.3 is 5.11 Å². The Morgan fingerprint density at radius 2 is 1.80 bits per heavy atom. The van der Waals surface area contributed by atoms with E-state index in [0.717, 1.165) is 17.7 Å². The van der Waals surface area contributed by atoms with Crippen LogP contribution in [0.15, 0.2) is 77.3 Å². The molecule has 0 saturated heterocycles. The minimum absolute atomic E-state index is 0.0232. The number of thiazole rings is 1. The number of fused-ring (bicyclic) bond motifs is 1. The number of sulfonamides is 1. The van der Waals surface area contributed by atoms with Gasteiger partial charge in [0, 0.05) is 34.6 Å². The van der Waals surface area contributed by atoms with E-state index in [1.54, 1.807) is 36.7 Å². The molecule has 35 heavy (non-hydrogen) atoms. The second-order valence-electron chi connectivity index (χ2n) is 7.36. The highest BCUT2D eigenvalue weighted by Gasteiger charge is 2.24. The first-order chi connectivity index (χ1) is 16.7. The van der Waals surface area contributed by atoms with Crippen LogP contribution >= 0.6 is 11.3 Å². The van der Waals surface area contributed by atoms with Gasteiger partial charge in [-0.05, 0) is 48.0 Å². The lowest BCUT2D eigenvalue weighted by atomic mass is 10.0. The normalized spacial score (nSPS) is 11.6. The van der Waals surface area contributed by atoms with Crippen LogP contribution in [-0.2, 0) is 10.0 Å². The zero-order valence-corrected chi connectivity index (χ0v) is 19.1. The minimum Gasteiger partial charge on any atom is -0.476 e. The fraction of sp³-hybridized carbons (Fsp3) is 0. The molecule has 0 saturated carbocycles. The molecule has 3 aromatic heterocycles. The molecule has 5 aromatic rings. The molecule has 5 rings (SSSR count). The Morgan fingerprint density at radius 1 is 1.03 bits per heavy atom. The van der Waals surface area contributed by atoms with Crippen molar-refractivity contribution in [1.29, 1.82) is 0 Å². The van der Waals surface area contributed by atoms with Gasteiger partial charge in [0.05, 0.1) is 0 Å². The van der Waals surface area contributed by atoms with E-state index in [1.165, 1.54) is 33.4 Å². The molecular formula is C23H14F2N4O4S2. The van der Waals surface area contributed by atoms with Gasteiger partial charge in [0.15, 0.2) is 5.69 Å². The average molecular weight is 513 g/mol. The summed E-state index contributed by atoms with van der Waals surface area (Å²) < 4.78 is 56.7. The summed E-state index contributed by atoms with van der Waals surface area (Å²) in [6.07, 6.45) is 3.18. The van der Waals surface area contributed by atoms with Crippen molar-refractivity contribution >= 4 is 37.8 Å². The molecule has 0 unspecified atom stereocenters. The van der Waals surface area contributed by atoms with E-state index in [9.17, 15) is 27.1 Å². The number of rotatable bonds is 6. The van der Waals surface area contributed by atoms with Crippen LogP contribution in [0, 0.1) is 11.6 Å². The fourth-order valence-corrected chi connectivity index (χ4v) is 5.72. The first-order valence-corrected chi connectivity index (χ1v) is 12.3. The largest absolute Gasteiger partial charge is 0.476 e. The van der Waals surface area contributed by atoms with Crippen LogP contribution in [-0.4, -0.2) is 34.1 Å². The molecule has 0 bridgehead atoms. The van der Waals surface area contributed by atoms with Gasteiger partial charge in [-0.25, -0.2) is 26.5 Å². The Balaban J connectivity index is 1.63. The van der Waals surface area contributed by atoms with Crippen molar-refractivity contribution in [2.75, 3.05) is 4.72 Å². The van der Waals surface area contributed by atoms with Gasteiger partial charge in [-0.1, -0.05) is 12.1 Å². The van der Waals surface area contributed by atoms with Gasteiger partial charge in [-0.15, -0.1) is 11.3 Å². The van der Waals surface area contributed by atoms with Gasteiger partial charge in [0.1, 0.15) is 27.1 Å². The van der Waals surface area contributed by atoms with E-state index in [2.05, 4.69) is 14.8 Å². The molecule has 0 aliphatic rings. The Labute approximate surface area is 201 Å². The van der Waals surface area contributed by atoms with Crippen LogP contribution in [0.2, 0.25) is 0 Å². The maximum absolute atomic E-state index is 14.1. The van der Waals surface area contributed by atoms with Crippen molar-refractivity contribution in [1.82, 2.24) is 14.6 Å². The van der Waals surface area contributed by atoms with Crippen molar-refractivity contribution in [3.8, 4) is 22.4 Å². The maximum Gasteiger partial charge on any atom is 0.355 e. The van der Waals surface area contributed by atoms with Crippen LogP contribution in [0.1, 0.15) is 10.5 Å². The Morgan fingerprint density at radius 3 is 2.54 bits per heavy atom. The first kappa shape index (κ1) is 22.6. The summed E-state index contributed by atoms with van der Waals surface area (Å²) in [4.78, 5) is 15.4. The zero-order chi connectivity index (χ0) is 24.7. The third kappa shape index (κ3) is 4.13. The molecule has 12 heteroatoms. The molecule has 0 radical (unpaired) electrons. The van der Waals surface area contributed by atoms with Crippen LogP contribution in [0.25, 0.3) is 27.2 Å². The highest BCUT2D eigenvalue weighted by molar-refractivity contribution is 7.92. The average Bonchev–Trinajstić information content (AvgIpc) is 3.40. The summed E-state index contributed by atoms with van der Waals surface area (Å²) in [6.45, 7) is 0. The second-order valence-corrected chi connectivity index (χ2v) is 9.87. The lowest BCUT2D eigenvalue weighted by Crippen LogP contribution is -2.15. The zero-order valence-electron chi connectivity index (χ0n) is 17.5. The quantitative estimate of drug-likeness (QED) is 0.335. The fourth-order valence-electron chi connectivity index (χ4n) is 3.58. The summed E-state index contributed by atoms with van der Waals surface area (Å²) >= 11 is 1.20. The topological polar surface area (TPSA) is 114 Å². The number of carboxylic acids is 1. The number of carboxylic acid groups (broad SMARTS) is 1. The number of hydrogen-bond donors (Lipinski definition) is 2. The summed E-state index contributed by atoms with van der Waals surface area (Å²) in [6, 6.07) is 11.8. The highest BCUT2D eigenvalue weighted by atomic mass is 32.2. The molecule has 0 spiro atoms. The second kappa shape index (κ2) is 8.56. The highest BCUT2D eigenvalue weighted by Crippen LogP contribution is 2.38. The molecule has 176 valence electrons. The molecular weight excluding hydrogens is 498 g/mol. The number of carbonyl (C=O) groups is 1.